The second-order valence-corrected chi connectivity index (χ2v) is 6.14. The van der Waals surface area contributed by atoms with Crippen LogP contribution in [0.1, 0.15) is 35.8 Å². The van der Waals surface area contributed by atoms with Crippen molar-refractivity contribution in [2.75, 3.05) is 25.6 Å². The van der Waals surface area contributed by atoms with Crippen LogP contribution in [0, 0.1) is 0 Å². The average Bonchev–Trinajstić information content (AvgIpc) is 2.66. The normalized spacial score (nSPS) is 10.7. The topological polar surface area (TPSA) is 100 Å². The molecule has 0 saturated heterocycles. The highest BCUT2D eigenvalue weighted by atomic mass is 35.5. The summed E-state index contributed by atoms with van der Waals surface area (Å²) in [5.74, 6) is -0.624. The molecule has 0 spiro atoms. The highest BCUT2D eigenvalue weighted by Crippen LogP contribution is 2.28. The van der Waals surface area contributed by atoms with Crippen LogP contribution in [-0.2, 0) is 16.0 Å². The summed E-state index contributed by atoms with van der Waals surface area (Å²) < 4.78 is 10.6. The SMILES string of the molecule is CCCCOCCOC(=O)c1nc(-c2ccc(CN)cc2)cc(N)c1Cl. The molecule has 0 aliphatic rings. The zero-order chi connectivity index (χ0) is 18.9. The number of pyridine rings is 1. The molecule has 0 atom stereocenters. The van der Waals surface area contributed by atoms with E-state index >= 15 is 0 Å². The van der Waals surface area contributed by atoms with E-state index in [9.17, 15) is 4.79 Å². The number of anilines is 1. The van der Waals surface area contributed by atoms with Gasteiger partial charge in [0.05, 0.1) is 23.0 Å². The van der Waals surface area contributed by atoms with Gasteiger partial charge < -0.3 is 20.9 Å². The van der Waals surface area contributed by atoms with E-state index in [2.05, 4.69) is 11.9 Å². The Morgan fingerprint density at radius 3 is 2.58 bits per heavy atom. The first-order valence-corrected chi connectivity index (χ1v) is 8.94. The third kappa shape index (κ3) is 5.42. The van der Waals surface area contributed by atoms with Crippen molar-refractivity contribution in [2.45, 2.75) is 26.3 Å². The predicted octanol–water partition coefficient (Wildman–Crippen LogP) is 3.42. The van der Waals surface area contributed by atoms with Crippen LogP contribution in [-0.4, -0.2) is 30.8 Å². The molecule has 2 rings (SSSR count). The molecule has 7 heteroatoms. The number of nitrogens with zero attached hydrogens (tertiary/aromatic N) is 1. The molecule has 26 heavy (non-hydrogen) atoms. The largest absolute Gasteiger partial charge is 0.458 e. The van der Waals surface area contributed by atoms with Gasteiger partial charge in [-0.3, -0.25) is 0 Å². The Kier molecular flexibility index (Phi) is 7.84. The van der Waals surface area contributed by atoms with E-state index in [1.807, 2.05) is 24.3 Å². The number of nitrogens with two attached hydrogens (primary N) is 2. The van der Waals surface area contributed by atoms with E-state index < -0.39 is 5.97 Å². The van der Waals surface area contributed by atoms with E-state index in [1.54, 1.807) is 6.07 Å². The standard InChI is InChI=1S/C19H24ClN3O3/c1-2-3-8-25-9-10-26-19(24)18-17(20)15(22)11-16(23-18)14-6-4-13(12-21)5-7-14/h4-7,11H,2-3,8-10,12,21H2,1H3,(H2,22,23). The molecular weight excluding hydrogens is 354 g/mol. The summed E-state index contributed by atoms with van der Waals surface area (Å²) in [7, 11) is 0. The van der Waals surface area contributed by atoms with Gasteiger partial charge in [-0.25, -0.2) is 9.78 Å². The number of nitrogen functional groups attached to an aromatic ring is 1. The highest BCUT2D eigenvalue weighted by molar-refractivity contribution is 6.35. The quantitative estimate of drug-likeness (QED) is 0.513. The lowest BCUT2D eigenvalue weighted by Gasteiger charge is -2.10. The van der Waals surface area contributed by atoms with Crippen LogP contribution >= 0.6 is 11.6 Å². The Morgan fingerprint density at radius 1 is 1.19 bits per heavy atom. The van der Waals surface area contributed by atoms with Gasteiger partial charge in [0.25, 0.3) is 0 Å². The Bertz CT molecular complexity index is 736. The first-order valence-electron chi connectivity index (χ1n) is 8.57. The van der Waals surface area contributed by atoms with Gasteiger partial charge in [-0.2, -0.15) is 0 Å². The van der Waals surface area contributed by atoms with E-state index in [4.69, 9.17) is 32.5 Å². The Balaban J connectivity index is 2.10. The molecule has 4 N–H and O–H groups in total. The second-order valence-electron chi connectivity index (χ2n) is 5.76. The van der Waals surface area contributed by atoms with Gasteiger partial charge in [-0.1, -0.05) is 49.2 Å². The maximum atomic E-state index is 12.3. The van der Waals surface area contributed by atoms with Crippen LogP contribution in [0.3, 0.4) is 0 Å². The molecule has 0 amide bonds. The van der Waals surface area contributed by atoms with E-state index in [0.717, 1.165) is 24.0 Å². The maximum Gasteiger partial charge on any atom is 0.358 e. The van der Waals surface area contributed by atoms with Gasteiger partial charge in [0.15, 0.2) is 5.69 Å². The third-order valence-corrected chi connectivity index (χ3v) is 4.16. The minimum absolute atomic E-state index is 0.00173. The number of carbonyl (C=O) groups is 1. The van der Waals surface area contributed by atoms with Crippen LogP contribution in [0.2, 0.25) is 5.02 Å². The lowest BCUT2D eigenvalue weighted by Crippen LogP contribution is -2.14. The third-order valence-electron chi connectivity index (χ3n) is 3.77. The zero-order valence-electron chi connectivity index (χ0n) is 14.8. The number of hydrogen-bond donors (Lipinski definition) is 2. The average molecular weight is 378 g/mol. The molecule has 140 valence electrons. The van der Waals surface area contributed by atoms with Crippen molar-refractivity contribution in [1.29, 1.82) is 0 Å². The van der Waals surface area contributed by atoms with E-state index in [0.29, 0.717) is 25.5 Å². The fourth-order valence-corrected chi connectivity index (χ4v) is 2.43. The fraction of sp³-hybridized carbons (Fsp3) is 0.368. The Morgan fingerprint density at radius 2 is 1.92 bits per heavy atom. The lowest BCUT2D eigenvalue weighted by atomic mass is 10.1. The molecule has 0 saturated carbocycles. The minimum Gasteiger partial charge on any atom is -0.458 e. The molecule has 1 aromatic carbocycles. The molecule has 1 heterocycles. The maximum absolute atomic E-state index is 12.3. The van der Waals surface area contributed by atoms with Gasteiger partial charge in [-0.15, -0.1) is 0 Å². The Labute approximate surface area is 158 Å². The van der Waals surface area contributed by atoms with Gasteiger partial charge in [0, 0.05) is 18.7 Å². The summed E-state index contributed by atoms with van der Waals surface area (Å²) >= 11 is 6.14. The number of hydrogen-bond acceptors (Lipinski definition) is 6. The van der Waals surface area contributed by atoms with Crippen LogP contribution < -0.4 is 11.5 Å². The number of unbranched alkanes of at least 4 members (excludes halogenated alkanes) is 1. The fourth-order valence-electron chi connectivity index (χ4n) is 2.25. The molecule has 0 fully saturated rings. The summed E-state index contributed by atoms with van der Waals surface area (Å²) in [5.41, 5.74) is 14.2. The number of esters is 1. The van der Waals surface area contributed by atoms with Gasteiger partial charge >= 0.3 is 5.97 Å². The van der Waals surface area contributed by atoms with Crippen molar-refractivity contribution < 1.29 is 14.3 Å². The number of ether oxygens (including phenoxy) is 2. The summed E-state index contributed by atoms with van der Waals surface area (Å²) in [6.07, 6.45) is 2.03. The van der Waals surface area contributed by atoms with Crippen molar-refractivity contribution in [2.24, 2.45) is 5.73 Å². The van der Waals surface area contributed by atoms with Crippen LogP contribution in [0.4, 0.5) is 5.69 Å². The molecule has 0 aliphatic carbocycles. The molecule has 2 aromatic rings. The van der Waals surface area contributed by atoms with Crippen molar-refractivity contribution in [3.05, 3.63) is 46.6 Å². The van der Waals surface area contributed by atoms with Gasteiger partial charge in [0.2, 0.25) is 0 Å². The number of rotatable bonds is 9. The number of benzene rings is 1. The van der Waals surface area contributed by atoms with Crippen molar-refractivity contribution in [1.82, 2.24) is 4.98 Å². The number of aromatic nitrogens is 1. The summed E-state index contributed by atoms with van der Waals surface area (Å²) in [6.45, 7) is 3.65. The number of halogens is 1. The summed E-state index contributed by atoms with van der Waals surface area (Å²) in [5, 5.41) is 0.0872. The second kappa shape index (κ2) is 10.1. The van der Waals surface area contributed by atoms with Crippen LogP contribution in [0.15, 0.2) is 30.3 Å². The zero-order valence-corrected chi connectivity index (χ0v) is 15.6. The summed E-state index contributed by atoms with van der Waals surface area (Å²) in [6, 6.07) is 9.16. The Hall–Kier alpha value is -2.15. The molecule has 6 nitrogen and oxygen atoms in total. The molecule has 0 unspecified atom stereocenters. The van der Waals surface area contributed by atoms with Gasteiger partial charge in [-0.05, 0) is 18.1 Å². The first-order chi connectivity index (χ1) is 12.6. The molecule has 0 bridgehead atoms. The molecule has 0 radical (unpaired) electrons. The highest BCUT2D eigenvalue weighted by Gasteiger charge is 2.18. The number of carbonyl (C=O) groups excluding carboxylic acids is 1. The van der Waals surface area contributed by atoms with E-state index in [1.165, 1.54) is 0 Å². The van der Waals surface area contributed by atoms with Crippen molar-refractivity contribution in [3.63, 3.8) is 0 Å². The first kappa shape index (κ1) is 20.2. The van der Waals surface area contributed by atoms with Crippen LogP contribution in [0.25, 0.3) is 11.3 Å². The van der Waals surface area contributed by atoms with Crippen LogP contribution in [0.5, 0.6) is 0 Å². The minimum atomic E-state index is -0.624. The van der Waals surface area contributed by atoms with Crippen molar-refractivity contribution in [3.8, 4) is 11.3 Å². The molecular formula is C19H24ClN3O3. The molecule has 0 aliphatic heterocycles. The lowest BCUT2D eigenvalue weighted by molar-refractivity contribution is 0.0308. The summed E-state index contributed by atoms with van der Waals surface area (Å²) in [4.78, 5) is 16.6. The predicted molar refractivity (Wildman–Crippen MR) is 103 cm³/mol. The van der Waals surface area contributed by atoms with Gasteiger partial charge in [0.1, 0.15) is 6.61 Å². The monoisotopic (exact) mass is 377 g/mol. The molecule has 1 aromatic heterocycles. The van der Waals surface area contributed by atoms with E-state index in [-0.39, 0.29) is 23.0 Å². The van der Waals surface area contributed by atoms with Crippen molar-refractivity contribution >= 4 is 23.3 Å². The smallest absolute Gasteiger partial charge is 0.358 e.